The molecular formula is C11H16. The van der Waals surface area contributed by atoms with E-state index in [1.54, 1.807) is 32.1 Å². The third kappa shape index (κ3) is 0.494. The van der Waals surface area contributed by atoms with E-state index in [-0.39, 0.29) is 0 Å². The first-order valence-corrected chi connectivity index (χ1v) is 5.45. The van der Waals surface area contributed by atoms with Gasteiger partial charge >= 0.3 is 0 Å². The van der Waals surface area contributed by atoms with Gasteiger partial charge in [0.1, 0.15) is 0 Å². The van der Waals surface area contributed by atoms with Crippen LogP contribution in [0.5, 0.6) is 0 Å². The maximum Gasteiger partial charge on any atom is -0.0321 e. The summed E-state index contributed by atoms with van der Waals surface area (Å²) in [6.45, 7) is 0. The van der Waals surface area contributed by atoms with E-state index in [9.17, 15) is 0 Å². The Morgan fingerprint density at radius 1 is 0.636 bits per heavy atom. The second-order valence-corrected chi connectivity index (χ2v) is 5.38. The molecule has 11 heavy (non-hydrogen) atoms. The molecule has 2 bridgehead atoms. The van der Waals surface area contributed by atoms with Gasteiger partial charge in [-0.05, 0) is 67.6 Å². The van der Waals surface area contributed by atoms with Gasteiger partial charge in [-0.3, -0.25) is 0 Å². The lowest BCUT2D eigenvalue weighted by atomic mass is 9.60. The maximum atomic E-state index is 1.65. The molecule has 0 heterocycles. The Labute approximate surface area is 68.4 Å². The minimum Gasteiger partial charge on any atom is -0.0499 e. The van der Waals surface area contributed by atoms with Crippen LogP contribution in [0.3, 0.4) is 0 Å². The molecule has 0 spiro atoms. The Bertz CT molecular complexity index is 192. The molecule has 4 rings (SSSR count). The molecule has 0 radical (unpaired) electrons. The van der Waals surface area contributed by atoms with Crippen LogP contribution < -0.4 is 0 Å². The Morgan fingerprint density at radius 3 is 2.18 bits per heavy atom. The van der Waals surface area contributed by atoms with Crippen LogP contribution in [-0.4, -0.2) is 0 Å². The van der Waals surface area contributed by atoms with Crippen molar-refractivity contribution in [3.63, 3.8) is 0 Å². The lowest BCUT2D eigenvalue weighted by Gasteiger charge is -2.45. The Kier molecular flexibility index (Phi) is 0.781. The zero-order chi connectivity index (χ0) is 7.00. The summed E-state index contributed by atoms with van der Waals surface area (Å²) in [5.41, 5.74) is 0. The lowest BCUT2D eigenvalue weighted by molar-refractivity contribution is 0.0420. The SMILES string of the molecule is C1CC2C3CC1C1CCC1C23. The van der Waals surface area contributed by atoms with Crippen LogP contribution in [0, 0.1) is 35.5 Å². The average molecular weight is 148 g/mol. The summed E-state index contributed by atoms with van der Waals surface area (Å²) in [6, 6.07) is 0. The molecule has 0 saturated heterocycles. The van der Waals surface area contributed by atoms with Gasteiger partial charge < -0.3 is 0 Å². The fourth-order valence-electron chi connectivity index (χ4n) is 4.73. The van der Waals surface area contributed by atoms with Crippen LogP contribution in [0.4, 0.5) is 0 Å². The summed E-state index contributed by atoms with van der Waals surface area (Å²) >= 11 is 0. The van der Waals surface area contributed by atoms with E-state index in [0.717, 1.165) is 0 Å². The van der Waals surface area contributed by atoms with Gasteiger partial charge in [0.15, 0.2) is 0 Å². The first-order chi connectivity index (χ1) is 5.45. The summed E-state index contributed by atoms with van der Waals surface area (Å²) in [6.07, 6.45) is 8.09. The van der Waals surface area contributed by atoms with Crippen molar-refractivity contribution in [1.82, 2.24) is 0 Å². The molecule has 0 heteroatoms. The van der Waals surface area contributed by atoms with Crippen LogP contribution in [0.1, 0.15) is 32.1 Å². The Morgan fingerprint density at radius 2 is 1.36 bits per heavy atom. The summed E-state index contributed by atoms with van der Waals surface area (Å²) in [5.74, 6) is 7.41. The highest BCUT2D eigenvalue weighted by molar-refractivity contribution is 5.13. The van der Waals surface area contributed by atoms with Gasteiger partial charge in [0.25, 0.3) is 0 Å². The number of hydrogen-bond acceptors (Lipinski definition) is 0. The molecule has 0 aromatic carbocycles. The largest absolute Gasteiger partial charge is 0.0499 e. The van der Waals surface area contributed by atoms with Crippen LogP contribution in [0.15, 0.2) is 0 Å². The first-order valence-electron chi connectivity index (χ1n) is 5.45. The summed E-state index contributed by atoms with van der Waals surface area (Å²) in [4.78, 5) is 0. The van der Waals surface area contributed by atoms with Crippen LogP contribution in [0.25, 0.3) is 0 Å². The smallest absolute Gasteiger partial charge is 0.0321 e. The van der Waals surface area contributed by atoms with Crippen molar-refractivity contribution >= 4 is 0 Å². The van der Waals surface area contributed by atoms with E-state index in [1.165, 1.54) is 35.5 Å². The Balaban J connectivity index is 1.78. The van der Waals surface area contributed by atoms with E-state index >= 15 is 0 Å². The topological polar surface area (TPSA) is 0 Å². The van der Waals surface area contributed by atoms with Crippen molar-refractivity contribution in [2.45, 2.75) is 32.1 Å². The predicted octanol–water partition coefficient (Wildman–Crippen LogP) is 2.69. The van der Waals surface area contributed by atoms with Crippen molar-refractivity contribution in [3.8, 4) is 0 Å². The van der Waals surface area contributed by atoms with Crippen LogP contribution >= 0.6 is 0 Å². The van der Waals surface area contributed by atoms with Crippen LogP contribution in [-0.2, 0) is 0 Å². The zero-order valence-corrected chi connectivity index (χ0v) is 7.00. The first kappa shape index (κ1) is 5.61. The third-order valence-electron chi connectivity index (χ3n) is 5.33. The van der Waals surface area contributed by atoms with E-state index in [2.05, 4.69) is 0 Å². The maximum absolute atomic E-state index is 1.65. The van der Waals surface area contributed by atoms with Crippen molar-refractivity contribution < 1.29 is 0 Å². The standard InChI is InChI=1S/C11H16/c1-2-9-10-5-6(1)7-3-4-8(7)11(9)10/h6-11H,1-5H2. The highest BCUT2D eigenvalue weighted by Crippen LogP contribution is 2.71. The molecule has 60 valence electrons. The molecule has 4 aliphatic carbocycles. The van der Waals surface area contributed by atoms with Gasteiger partial charge in [-0.1, -0.05) is 0 Å². The number of fused-ring (bicyclic) bond motifs is 5. The fraction of sp³-hybridized carbons (Fsp3) is 1.00. The van der Waals surface area contributed by atoms with E-state index in [1.807, 2.05) is 0 Å². The highest BCUT2D eigenvalue weighted by atomic mass is 14.7. The predicted molar refractivity (Wildman–Crippen MR) is 44.0 cm³/mol. The highest BCUT2D eigenvalue weighted by Gasteiger charge is 2.64. The molecule has 0 nitrogen and oxygen atoms in total. The molecule has 6 atom stereocenters. The second-order valence-electron chi connectivity index (χ2n) is 5.38. The normalized spacial score (nSPS) is 69.8. The summed E-state index contributed by atoms with van der Waals surface area (Å²) in [5, 5.41) is 0. The minimum absolute atomic E-state index is 1.20. The molecule has 0 aliphatic heterocycles. The van der Waals surface area contributed by atoms with E-state index in [4.69, 9.17) is 0 Å². The van der Waals surface area contributed by atoms with E-state index < -0.39 is 0 Å². The minimum atomic E-state index is 1.20. The molecule has 0 N–H and O–H groups in total. The van der Waals surface area contributed by atoms with Gasteiger partial charge in [0, 0.05) is 0 Å². The van der Waals surface area contributed by atoms with Gasteiger partial charge in [-0.25, -0.2) is 0 Å². The van der Waals surface area contributed by atoms with Crippen molar-refractivity contribution in [3.05, 3.63) is 0 Å². The Hall–Kier alpha value is 0. The van der Waals surface area contributed by atoms with Gasteiger partial charge in [0.2, 0.25) is 0 Å². The molecule has 4 saturated carbocycles. The molecule has 4 aliphatic rings. The zero-order valence-electron chi connectivity index (χ0n) is 7.00. The number of rotatable bonds is 0. The van der Waals surface area contributed by atoms with Gasteiger partial charge in [-0.15, -0.1) is 0 Å². The number of hydrogen-bond donors (Lipinski definition) is 0. The third-order valence-corrected chi connectivity index (χ3v) is 5.33. The lowest BCUT2D eigenvalue weighted by Crippen LogP contribution is -2.37. The van der Waals surface area contributed by atoms with Gasteiger partial charge in [-0.2, -0.15) is 0 Å². The molecule has 0 amide bonds. The molecule has 0 aromatic heterocycles. The van der Waals surface area contributed by atoms with Gasteiger partial charge in [0.05, 0.1) is 0 Å². The molecule has 0 aromatic rings. The second kappa shape index (κ2) is 1.53. The van der Waals surface area contributed by atoms with Crippen molar-refractivity contribution in [2.75, 3.05) is 0 Å². The quantitative estimate of drug-likeness (QED) is 0.495. The van der Waals surface area contributed by atoms with E-state index in [0.29, 0.717) is 0 Å². The fourth-order valence-corrected chi connectivity index (χ4v) is 4.73. The van der Waals surface area contributed by atoms with Crippen molar-refractivity contribution in [2.24, 2.45) is 35.5 Å². The van der Waals surface area contributed by atoms with Crippen molar-refractivity contribution in [1.29, 1.82) is 0 Å². The average Bonchev–Trinajstić information content (AvgIpc) is 2.62. The van der Waals surface area contributed by atoms with Crippen LogP contribution in [0.2, 0.25) is 0 Å². The summed E-state index contributed by atoms with van der Waals surface area (Å²) < 4.78 is 0. The summed E-state index contributed by atoms with van der Waals surface area (Å²) in [7, 11) is 0. The molecule has 4 fully saturated rings. The molecule has 6 unspecified atom stereocenters. The monoisotopic (exact) mass is 148 g/mol. The molecular weight excluding hydrogens is 132 g/mol.